The van der Waals surface area contributed by atoms with Gasteiger partial charge in [0.05, 0.1) is 0 Å². The van der Waals surface area contributed by atoms with E-state index in [1.54, 1.807) is 5.56 Å². The number of benzene rings is 2. The molecule has 2 aliphatic rings. The van der Waals surface area contributed by atoms with Gasteiger partial charge >= 0.3 is 0 Å². The van der Waals surface area contributed by atoms with Crippen LogP contribution in [0, 0.1) is 6.92 Å². The maximum atomic E-state index is 2.38. The molecule has 0 saturated heterocycles. The Kier molecular flexibility index (Phi) is 4.45. The average molecular weight is 411 g/mol. The van der Waals surface area contributed by atoms with Crippen LogP contribution in [0.2, 0.25) is 0 Å². The van der Waals surface area contributed by atoms with Crippen molar-refractivity contribution in [3.8, 4) is 0 Å². The van der Waals surface area contributed by atoms with Crippen LogP contribution in [0.1, 0.15) is 73.7 Å². The third-order valence-corrected chi connectivity index (χ3v) is 8.48. The highest BCUT2D eigenvalue weighted by atomic mass is 32.1. The second kappa shape index (κ2) is 6.82. The molecule has 0 radical (unpaired) electrons. The van der Waals surface area contributed by atoms with Crippen molar-refractivity contribution in [2.24, 2.45) is 0 Å². The van der Waals surface area contributed by atoms with E-state index >= 15 is 0 Å². The van der Waals surface area contributed by atoms with Crippen LogP contribution in [0.15, 0.2) is 59.7 Å². The lowest BCUT2D eigenvalue weighted by Crippen LogP contribution is -2.15. The fraction of sp³-hybridized carbons (Fsp3) is 0.310. The number of allylic oxidation sites excluding steroid dienone is 5. The molecule has 30 heavy (non-hydrogen) atoms. The summed E-state index contributed by atoms with van der Waals surface area (Å²) in [6, 6.07) is 13.7. The third-order valence-electron chi connectivity index (χ3n) is 7.25. The molecule has 2 aliphatic carbocycles. The summed E-state index contributed by atoms with van der Waals surface area (Å²) < 4.78 is 1.42. The molecule has 0 fully saturated rings. The first-order chi connectivity index (χ1) is 14.4. The zero-order chi connectivity index (χ0) is 21.2. The summed E-state index contributed by atoms with van der Waals surface area (Å²) in [4.78, 5) is 1.50. The van der Waals surface area contributed by atoms with Gasteiger partial charge < -0.3 is 0 Å². The summed E-state index contributed by atoms with van der Waals surface area (Å²) in [6.45, 7) is 13.8. The number of hydrogen-bond acceptors (Lipinski definition) is 1. The molecule has 0 spiro atoms. The highest BCUT2D eigenvalue weighted by Gasteiger charge is 2.40. The molecule has 1 heteroatoms. The highest BCUT2D eigenvalue weighted by Crippen LogP contribution is 2.55. The van der Waals surface area contributed by atoms with Gasteiger partial charge in [0, 0.05) is 15.0 Å². The molecule has 0 N–H and O–H groups in total. The minimum Gasteiger partial charge on any atom is -0.135 e. The second-order valence-corrected chi connectivity index (χ2v) is 10.3. The van der Waals surface area contributed by atoms with Crippen LogP contribution in [0.25, 0.3) is 21.2 Å². The lowest BCUT2D eigenvalue weighted by molar-refractivity contribution is 0.659. The third kappa shape index (κ3) is 2.51. The fourth-order valence-corrected chi connectivity index (χ4v) is 7.15. The van der Waals surface area contributed by atoms with Gasteiger partial charge in [-0.05, 0) is 96.5 Å². The summed E-state index contributed by atoms with van der Waals surface area (Å²) in [5, 5.41) is 1.45. The molecule has 152 valence electrons. The lowest BCUT2D eigenvalue weighted by atomic mass is 9.80. The smallest absolute Gasteiger partial charge is 0.0393 e. The number of fused-ring (bicyclic) bond motifs is 4. The molecular formula is C29H30S. The monoisotopic (exact) mass is 410 g/mol. The Morgan fingerprint density at radius 2 is 1.67 bits per heavy atom. The zero-order valence-corrected chi connectivity index (χ0v) is 19.8. The maximum absolute atomic E-state index is 2.38. The molecule has 1 heterocycles. The molecule has 0 bridgehead atoms. The molecule has 0 atom stereocenters. The van der Waals surface area contributed by atoms with Crippen LogP contribution in [0.4, 0.5) is 0 Å². The number of aryl methyl sites for hydroxylation is 2. The van der Waals surface area contributed by atoms with Gasteiger partial charge in [0.1, 0.15) is 0 Å². The van der Waals surface area contributed by atoms with Gasteiger partial charge in [-0.15, -0.1) is 11.3 Å². The Morgan fingerprint density at radius 3 is 2.40 bits per heavy atom. The van der Waals surface area contributed by atoms with Crippen molar-refractivity contribution < 1.29 is 0 Å². The van der Waals surface area contributed by atoms with E-state index in [0.29, 0.717) is 0 Å². The summed E-state index contributed by atoms with van der Waals surface area (Å²) in [5.41, 5.74) is 13.3. The standard InChI is InChI=1S/C29H30S/c1-7-19-22(8-2)29(5,6)23-16-14-17(3)25(27(19)23)26-18(4)13-15-21-20-11-9-10-12-24(20)30-28(21)26/h7-12,14,16H,13,15H2,1-6H3/b19-7+,22-8+. The number of rotatable bonds is 1. The zero-order valence-electron chi connectivity index (χ0n) is 18.9. The van der Waals surface area contributed by atoms with E-state index < -0.39 is 0 Å². The molecule has 0 amide bonds. The number of thiophene rings is 1. The van der Waals surface area contributed by atoms with Crippen molar-refractivity contribution >= 4 is 32.6 Å². The van der Waals surface area contributed by atoms with Gasteiger partial charge in [0.2, 0.25) is 0 Å². The van der Waals surface area contributed by atoms with Gasteiger partial charge in [0.25, 0.3) is 0 Å². The summed E-state index contributed by atoms with van der Waals surface area (Å²) in [6.07, 6.45) is 6.96. The van der Waals surface area contributed by atoms with Crippen LogP contribution in [0.3, 0.4) is 0 Å². The molecule has 3 aromatic rings. The largest absolute Gasteiger partial charge is 0.135 e. The minimum atomic E-state index is 0.0422. The van der Waals surface area contributed by atoms with E-state index in [-0.39, 0.29) is 5.41 Å². The van der Waals surface area contributed by atoms with Crippen LogP contribution in [-0.2, 0) is 11.8 Å². The first-order valence-corrected chi connectivity index (χ1v) is 11.9. The first kappa shape index (κ1) is 19.6. The van der Waals surface area contributed by atoms with Gasteiger partial charge in [-0.1, -0.05) is 61.9 Å². The van der Waals surface area contributed by atoms with Crippen LogP contribution in [0.5, 0.6) is 0 Å². The summed E-state index contributed by atoms with van der Waals surface area (Å²) in [5.74, 6) is 0. The highest BCUT2D eigenvalue weighted by molar-refractivity contribution is 7.20. The minimum absolute atomic E-state index is 0.0422. The van der Waals surface area contributed by atoms with Crippen molar-refractivity contribution in [2.45, 2.75) is 59.8 Å². The quantitative estimate of drug-likeness (QED) is 0.376. The molecular weight excluding hydrogens is 380 g/mol. The fourth-order valence-electron chi connectivity index (χ4n) is 5.77. The molecule has 0 saturated carbocycles. The molecule has 2 aromatic carbocycles. The Labute approximate surface area is 184 Å². The van der Waals surface area contributed by atoms with Crippen molar-refractivity contribution in [3.05, 3.63) is 92.4 Å². The molecule has 5 rings (SSSR count). The van der Waals surface area contributed by atoms with E-state index in [1.807, 2.05) is 11.3 Å². The molecule has 0 unspecified atom stereocenters. The van der Waals surface area contributed by atoms with Crippen molar-refractivity contribution in [2.75, 3.05) is 0 Å². The normalized spacial score (nSPS) is 20.3. The molecule has 0 nitrogen and oxygen atoms in total. The maximum Gasteiger partial charge on any atom is 0.0393 e. The SMILES string of the molecule is C/C=C1\C(=C/C)c2c(ccc(C)c2C2=C(C)CCc3c2sc2ccccc32)C1(C)C. The van der Waals surface area contributed by atoms with E-state index in [0.717, 1.165) is 12.8 Å². The summed E-state index contributed by atoms with van der Waals surface area (Å²) >= 11 is 1.98. The van der Waals surface area contributed by atoms with Crippen molar-refractivity contribution in [1.29, 1.82) is 0 Å². The Bertz CT molecular complexity index is 1290. The van der Waals surface area contributed by atoms with Crippen LogP contribution in [-0.4, -0.2) is 0 Å². The Morgan fingerprint density at radius 1 is 0.900 bits per heavy atom. The van der Waals surface area contributed by atoms with E-state index in [2.05, 4.69) is 90.1 Å². The predicted octanol–water partition coefficient (Wildman–Crippen LogP) is 8.62. The molecule has 1 aromatic heterocycles. The second-order valence-electron chi connectivity index (χ2n) is 9.27. The van der Waals surface area contributed by atoms with E-state index in [1.165, 1.54) is 59.5 Å². The topological polar surface area (TPSA) is 0 Å². The van der Waals surface area contributed by atoms with Gasteiger partial charge in [-0.2, -0.15) is 0 Å². The van der Waals surface area contributed by atoms with Crippen molar-refractivity contribution in [3.63, 3.8) is 0 Å². The average Bonchev–Trinajstić information content (AvgIpc) is 3.20. The van der Waals surface area contributed by atoms with Gasteiger partial charge in [-0.3, -0.25) is 0 Å². The van der Waals surface area contributed by atoms with Crippen LogP contribution >= 0.6 is 11.3 Å². The van der Waals surface area contributed by atoms with Gasteiger partial charge in [0.15, 0.2) is 0 Å². The number of hydrogen-bond donors (Lipinski definition) is 0. The van der Waals surface area contributed by atoms with Crippen LogP contribution < -0.4 is 0 Å². The van der Waals surface area contributed by atoms with E-state index in [4.69, 9.17) is 0 Å². The molecule has 0 aliphatic heterocycles. The summed E-state index contributed by atoms with van der Waals surface area (Å²) in [7, 11) is 0. The first-order valence-electron chi connectivity index (χ1n) is 11.1. The van der Waals surface area contributed by atoms with E-state index in [9.17, 15) is 0 Å². The Balaban J connectivity index is 1.88. The van der Waals surface area contributed by atoms with Gasteiger partial charge in [-0.25, -0.2) is 0 Å². The Hall–Kier alpha value is -2.38. The van der Waals surface area contributed by atoms with Crippen molar-refractivity contribution in [1.82, 2.24) is 0 Å². The predicted molar refractivity (Wildman–Crippen MR) is 133 cm³/mol. The lowest BCUT2D eigenvalue weighted by Gasteiger charge is -2.25.